The van der Waals surface area contributed by atoms with Crippen LogP contribution in [0.3, 0.4) is 0 Å². The van der Waals surface area contributed by atoms with Crippen LogP contribution in [0.1, 0.15) is 36.7 Å². The third-order valence-corrected chi connectivity index (χ3v) is 4.70. The Morgan fingerprint density at radius 1 is 1.07 bits per heavy atom. The van der Waals surface area contributed by atoms with Gasteiger partial charge in [-0.1, -0.05) is 25.1 Å². The number of benzene rings is 3. The molecule has 0 atom stereocenters. The molecule has 4 rings (SSSR count). The molecule has 1 amide bonds. The highest BCUT2D eigenvalue weighted by Gasteiger charge is 2.12. The quantitative estimate of drug-likeness (QED) is 0.425. The third kappa shape index (κ3) is 4.35. The van der Waals surface area contributed by atoms with Crippen molar-refractivity contribution in [2.24, 2.45) is 0 Å². The number of nitrogens with zero attached hydrogens (tertiary/aromatic N) is 1. The number of oxazole rings is 1. The summed E-state index contributed by atoms with van der Waals surface area (Å²) in [7, 11) is 0. The number of rotatable bonds is 6. The van der Waals surface area contributed by atoms with Crippen LogP contribution in [-0.4, -0.2) is 17.0 Å². The average Bonchev–Trinajstić information content (AvgIpc) is 3.17. The Labute approximate surface area is 175 Å². The number of fused-ring (bicyclic) bond motifs is 1. The highest BCUT2D eigenvalue weighted by atomic mass is 16.5. The Morgan fingerprint density at radius 3 is 2.70 bits per heavy atom. The van der Waals surface area contributed by atoms with Gasteiger partial charge in [-0.25, -0.2) is 4.98 Å². The van der Waals surface area contributed by atoms with Crippen molar-refractivity contribution in [1.29, 1.82) is 0 Å². The van der Waals surface area contributed by atoms with Crippen LogP contribution in [-0.2, 0) is 6.42 Å². The molecule has 0 bridgehead atoms. The van der Waals surface area contributed by atoms with Gasteiger partial charge in [-0.15, -0.1) is 0 Å². The minimum Gasteiger partial charge on any atom is -0.491 e. The molecule has 0 saturated heterocycles. The van der Waals surface area contributed by atoms with E-state index in [1.54, 1.807) is 12.1 Å². The molecular weight excluding hydrogens is 376 g/mol. The number of hydrogen-bond acceptors (Lipinski definition) is 4. The molecule has 5 heteroatoms. The fourth-order valence-corrected chi connectivity index (χ4v) is 3.23. The van der Waals surface area contributed by atoms with Crippen molar-refractivity contribution in [3.05, 3.63) is 77.9 Å². The lowest BCUT2D eigenvalue weighted by Crippen LogP contribution is -2.12. The van der Waals surface area contributed by atoms with Crippen molar-refractivity contribution in [2.75, 3.05) is 5.32 Å². The molecule has 30 heavy (non-hydrogen) atoms. The van der Waals surface area contributed by atoms with Gasteiger partial charge in [-0.3, -0.25) is 4.79 Å². The largest absolute Gasteiger partial charge is 0.491 e. The normalized spacial score (nSPS) is 11.1. The van der Waals surface area contributed by atoms with Gasteiger partial charge in [0.1, 0.15) is 11.3 Å². The van der Waals surface area contributed by atoms with Crippen LogP contribution in [0.25, 0.3) is 22.6 Å². The zero-order valence-corrected chi connectivity index (χ0v) is 17.3. The zero-order valence-electron chi connectivity index (χ0n) is 17.3. The van der Waals surface area contributed by atoms with E-state index in [0.717, 1.165) is 23.1 Å². The summed E-state index contributed by atoms with van der Waals surface area (Å²) in [6.45, 7) is 6.01. The summed E-state index contributed by atoms with van der Waals surface area (Å²) < 4.78 is 11.6. The standard InChI is InChI=1S/C25H24N2O3/c1-4-17-11-12-23-22(13-17)27-25(30-23)19-8-5-9-20(14-19)26-24(28)18-7-6-10-21(15-18)29-16(2)3/h5-16H,4H2,1-3H3,(H,26,28). The van der Waals surface area contributed by atoms with Gasteiger partial charge >= 0.3 is 0 Å². The molecule has 4 aromatic rings. The Hall–Kier alpha value is -3.60. The number of ether oxygens (including phenoxy) is 1. The molecule has 0 aliphatic rings. The number of anilines is 1. The number of amides is 1. The van der Waals surface area contributed by atoms with E-state index < -0.39 is 0 Å². The molecule has 152 valence electrons. The highest BCUT2D eigenvalue weighted by molar-refractivity contribution is 6.04. The first-order valence-corrected chi connectivity index (χ1v) is 10.1. The van der Waals surface area contributed by atoms with Crippen molar-refractivity contribution < 1.29 is 13.9 Å². The number of carbonyl (C=O) groups is 1. The lowest BCUT2D eigenvalue weighted by molar-refractivity contribution is 0.102. The van der Waals surface area contributed by atoms with Gasteiger partial charge in [0.15, 0.2) is 5.58 Å². The van der Waals surface area contributed by atoms with Crippen molar-refractivity contribution in [3.63, 3.8) is 0 Å². The SMILES string of the molecule is CCc1ccc2oc(-c3cccc(NC(=O)c4cccc(OC(C)C)c4)c3)nc2c1. The van der Waals surface area contributed by atoms with Crippen LogP contribution in [0.5, 0.6) is 5.75 Å². The predicted octanol–water partition coefficient (Wildman–Crippen LogP) is 6.10. The van der Waals surface area contributed by atoms with Gasteiger partial charge in [0.25, 0.3) is 5.91 Å². The maximum absolute atomic E-state index is 12.7. The predicted molar refractivity (Wildman–Crippen MR) is 119 cm³/mol. The first kappa shape index (κ1) is 19.7. The Kier molecular flexibility index (Phi) is 5.53. The fourth-order valence-electron chi connectivity index (χ4n) is 3.23. The van der Waals surface area contributed by atoms with Crippen LogP contribution in [0.2, 0.25) is 0 Å². The molecule has 0 radical (unpaired) electrons. The highest BCUT2D eigenvalue weighted by Crippen LogP contribution is 2.27. The van der Waals surface area contributed by atoms with Crippen LogP contribution < -0.4 is 10.1 Å². The van der Waals surface area contributed by atoms with Crippen molar-refractivity contribution in [2.45, 2.75) is 33.3 Å². The van der Waals surface area contributed by atoms with Crippen LogP contribution in [0, 0.1) is 0 Å². The summed E-state index contributed by atoms with van der Waals surface area (Å²) in [5.41, 5.74) is 4.81. The number of carbonyl (C=O) groups excluding carboxylic acids is 1. The first-order valence-electron chi connectivity index (χ1n) is 10.1. The Bertz CT molecular complexity index is 1190. The summed E-state index contributed by atoms with van der Waals surface area (Å²) in [5.74, 6) is 0.998. The van der Waals surface area contributed by atoms with E-state index in [1.165, 1.54) is 5.56 Å². The molecule has 0 aliphatic carbocycles. The van der Waals surface area contributed by atoms with E-state index in [2.05, 4.69) is 17.2 Å². The smallest absolute Gasteiger partial charge is 0.255 e. The van der Waals surface area contributed by atoms with Gasteiger partial charge < -0.3 is 14.5 Å². The molecule has 1 heterocycles. The monoisotopic (exact) mass is 400 g/mol. The van der Waals surface area contributed by atoms with Gasteiger partial charge in [-0.05, 0) is 74.4 Å². The summed E-state index contributed by atoms with van der Waals surface area (Å²) in [6.07, 6.45) is 0.994. The third-order valence-electron chi connectivity index (χ3n) is 4.70. The van der Waals surface area contributed by atoms with E-state index >= 15 is 0 Å². The van der Waals surface area contributed by atoms with Crippen LogP contribution in [0.15, 0.2) is 71.1 Å². The minimum absolute atomic E-state index is 0.0460. The summed E-state index contributed by atoms with van der Waals surface area (Å²) in [4.78, 5) is 17.3. The maximum Gasteiger partial charge on any atom is 0.255 e. The van der Waals surface area contributed by atoms with Gasteiger partial charge in [0.05, 0.1) is 6.10 Å². The number of aryl methyl sites for hydroxylation is 1. The molecule has 1 aromatic heterocycles. The van der Waals surface area contributed by atoms with Crippen molar-refractivity contribution in [3.8, 4) is 17.2 Å². The van der Waals surface area contributed by atoms with Gasteiger partial charge in [0.2, 0.25) is 5.89 Å². The number of nitrogens with one attached hydrogen (secondary N) is 1. The molecule has 0 unspecified atom stereocenters. The molecular formula is C25H24N2O3. The molecule has 5 nitrogen and oxygen atoms in total. The van der Waals surface area contributed by atoms with E-state index in [0.29, 0.717) is 22.9 Å². The fraction of sp³-hybridized carbons (Fsp3) is 0.200. The maximum atomic E-state index is 12.7. The lowest BCUT2D eigenvalue weighted by Gasteiger charge is -2.11. The summed E-state index contributed by atoms with van der Waals surface area (Å²) in [6, 6.07) is 20.7. The van der Waals surface area contributed by atoms with Crippen molar-refractivity contribution >= 4 is 22.7 Å². The second-order valence-electron chi connectivity index (χ2n) is 7.40. The molecule has 0 fully saturated rings. The summed E-state index contributed by atoms with van der Waals surface area (Å²) in [5, 5.41) is 2.94. The van der Waals surface area contributed by atoms with Crippen LogP contribution in [0.4, 0.5) is 5.69 Å². The van der Waals surface area contributed by atoms with E-state index in [-0.39, 0.29) is 12.0 Å². The zero-order chi connectivity index (χ0) is 21.1. The van der Waals surface area contributed by atoms with Gasteiger partial charge in [0, 0.05) is 16.8 Å². The number of aromatic nitrogens is 1. The molecule has 1 N–H and O–H groups in total. The van der Waals surface area contributed by atoms with E-state index in [9.17, 15) is 4.79 Å². The average molecular weight is 400 g/mol. The Balaban J connectivity index is 1.56. The topological polar surface area (TPSA) is 64.4 Å². The first-order chi connectivity index (χ1) is 14.5. The van der Waals surface area contributed by atoms with Crippen molar-refractivity contribution in [1.82, 2.24) is 4.98 Å². The second kappa shape index (κ2) is 8.41. The minimum atomic E-state index is -0.202. The lowest BCUT2D eigenvalue weighted by atomic mass is 10.1. The van der Waals surface area contributed by atoms with Gasteiger partial charge in [-0.2, -0.15) is 0 Å². The number of hydrogen-bond donors (Lipinski definition) is 1. The van der Waals surface area contributed by atoms with E-state index in [1.807, 2.05) is 68.4 Å². The van der Waals surface area contributed by atoms with E-state index in [4.69, 9.17) is 9.15 Å². The summed E-state index contributed by atoms with van der Waals surface area (Å²) >= 11 is 0. The molecule has 0 spiro atoms. The molecule has 0 saturated carbocycles. The molecule has 3 aromatic carbocycles. The molecule has 0 aliphatic heterocycles. The van der Waals surface area contributed by atoms with Crippen LogP contribution >= 0.6 is 0 Å². The Morgan fingerprint density at radius 2 is 1.90 bits per heavy atom. The second-order valence-corrected chi connectivity index (χ2v) is 7.40.